The van der Waals surface area contributed by atoms with Crippen LogP contribution in [0.25, 0.3) is 0 Å². The van der Waals surface area contributed by atoms with E-state index < -0.39 is 5.97 Å². The number of esters is 1. The summed E-state index contributed by atoms with van der Waals surface area (Å²) in [5, 5.41) is 0. The van der Waals surface area contributed by atoms with Crippen LogP contribution in [-0.2, 0) is 9.47 Å². The van der Waals surface area contributed by atoms with Crippen molar-refractivity contribution in [2.24, 2.45) is 0 Å². The molecule has 6 nitrogen and oxygen atoms in total. The van der Waals surface area contributed by atoms with E-state index in [1.807, 2.05) is 0 Å². The molecule has 1 aromatic rings. The van der Waals surface area contributed by atoms with E-state index in [0.717, 1.165) is 31.7 Å². The molecule has 1 aliphatic heterocycles. The number of nitrogen functional groups attached to an aromatic ring is 1. The molecule has 1 aliphatic rings. The van der Waals surface area contributed by atoms with Gasteiger partial charge in [0.05, 0.1) is 30.2 Å². The number of nitrogens with zero attached hydrogens (tertiary/aromatic N) is 2. The molecule has 1 atom stereocenters. The van der Waals surface area contributed by atoms with E-state index in [9.17, 15) is 4.79 Å². The van der Waals surface area contributed by atoms with Crippen molar-refractivity contribution in [3.63, 3.8) is 0 Å². The predicted octanol–water partition coefficient (Wildman–Crippen LogP) is 1.46. The Kier molecular flexibility index (Phi) is 4.79. The van der Waals surface area contributed by atoms with Gasteiger partial charge in [-0.1, -0.05) is 0 Å². The van der Waals surface area contributed by atoms with Crippen molar-refractivity contribution in [3.8, 4) is 0 Å². The molecule has 0 spiro atoms. The molecule has 1 unspecified atom stereocenters. The number of hydrogen-bond acceptors (Lipinski definition) is 6. The number of piperidine rings is 1. The van der Waals surface area contributed by atoms with E-state index in [1.165, 1.54) is 6.20 Å². The molecule has 6 heteroatoms. The van der Waals surface area contributed by atoms with Gasteiger partial charge in [0.15, 0.2) is 0 Å². The lowest BCUT2D eigenvalue weighted by Gasteiger charge is -2.32. The number of pyridine rings is 1. The summed E-state index contributed by atoms with van der Waals surface area (Å²) in [6, 6.07) is 1.70. The highest BCUT2D eigenvalue weighted by Gasteiger charge is 2.22. The molecule has 0 aromatic carbocycles. The maximum Gasteiger partial charge on any atom is 0.340 e. The lowest BCUT2D eigenvalue weighted by atomic mass is 10.1. The summed E-state index contributed by atoms with van der Waals surface area (Å²) in [5.74, 6) is 0.331. The first-order valence-corrected chi connectivity index (χ1v) is 6.86. The van der Waals surface area contributed by atoms with E-state index in [2.05, 4.69) is 9.88 Å². The van der Waals surface area contributed by atoms with Gasteiger partial charge < -0.3 is 20.1 Å². The standard InChI is InChI=1S/C14H21N3O3/c1-3-20-14(18)11-7-13(16-8-12(11)15)17-6-4-5-10(9-17)19-2/h7-8,10H,3-6,9,15H2,1-2H3. The van der Waals surface area contributed by atoms with Crippen LogP contribution in [0.4, 0.5) is 11.5 Å². The van der Waals surface area contributed by atoms with Crippen molar-refractivity contribution in [2.45, 2.75) is 25.9 Å². The highest BCUT2D eigenvalue weighted by molar-refractivity contribution is 5.95. The van der Waals surface area contributed by atoms with Crippen molar-refractivity contribution in [1.82, 2.24) is 4.98 Å². The lowest BCUT2D eigenvalue weighted by Crippen LogP contribution is -2.39. The monoisotopic (exact) mass is 279 g/mol. The maximum atomic E-state index is 11.8. The van der Waals surface area contributed by atoms with E-state index in [4.69, 9.17) is 15.2 Å². The van der Waals surface area contributed by atoms with Gasteiger partial charge in [0, 0.05) is 20.2 Å². The fourth-order valence-electron chi connectivity index (χ4n) is 2.35. The molecule has 20 heavy (non-hydrogen) atoms. The minimum absolute atomic E-state index is 0.203. The second-order valence-electron chi connectivity index (χ2n) is 4.80. The van der Waals surface area contributed by atoms with Gasteiger partial charge in [-0.05, 0) is 25.8 Å². The zero-order valence-electron chi connectivity index (χ0n) is 12.0. The van der Waals surface area contributed by atoms with Crippen molar-refractivity contribution < 1.29 is 14.3 Å². The minimum Gasteiger partial charge on any atom is -0.462 e. The minimum atomic E-state index is -0.408. The maximum absolute atomic E-state index is 11.8. The second-order valence-corrected chi connectivity index (χ2v) is 4.80. The zero-order chi connectivity index (χ0) is 14.5. The third kappa shape index (κ3) is 3.19. The third-order valence-corrected chi connectivity index (χ3v) is 3.45. The Balaban J connectivity index is 2.20. The summed E-state index contributed by atoms with van der Waals surface area (Å²) in [7, 11) is 1.72. The van der Waals surface area contributed by atoms with Gasteiger partial charge in [-0.2, -0.15) is 0 Å². The van der Waals surface area contributed by atoms with Crippen molar-refractivity contribution in [1.29, 1.82) is 0 Å². The van der Waals surface area contributed by atoms with Crippen LogP contribution in [0.3, 0.4) is 0 Å². The summed E-state index contributed by atoms with van der Waals surface area (Å²) in [5.41, 5.74) is 6.51. The number of rotatable bonds is 4. The normalized spacial score (nSPS) is 18.9. The number of nitrogens with two attached hydrogens (primary N) is 1. The first-order chi connectivity index (χ1) is 9.65. The molecule has 0 radical (unpaired) electrons. The Labute approximate surface area is 118 Å². The Bertz CT molecular complexity index is 479. The number of anilines is 2. The average molecular weight is 279 g/mol. The predicted molar refractivity (Wildman–Crippen MR) is 76.8 cm³/mol. The Morgan fingerprint density at radius 2 is 2.40 bits per heavy atom. The van der Waals surface area contributed by atoms with Crippen LogP contribution < -0.4 is 10.6 Å². The first kappa shape index (κ1) is 14.6. The van der Waals surface area contributed by atoms with Crippen LogP contribution in [0, 0.1) is 0 Å². The third-order valence-electron chi connectivity index (χ3n) is 3.45. The Hall–Kier alpha value is -1.82. The molecule has 1 saturated heterocycles. The zero-order valence-corrected chi connectivity index (χ0v) is 12.0. The number of methoxy groups -OCH3 is 1. The van der Waals surface area contributed by atoms with E-state index in [1.54, 1.807) is 20.1 Å². The van der Waals surface area contributed by atoms with Crippen LogP contribution in [0.1, 0.15) is 30.1 Å². The highest BCUT2D eigenvalue weighted by atomic mass is 16.5. The van der Waals surface area contributed by atoms with Crippen molar-refractivity contribution in [3.05, 3.63) is 17.8 Å². The number of hydrogen-bond donors (Lipinski definition) is 1. The first-order valence-electron chi connectivity index (χ1n) is 6.86. The highest BCUT2D eigenvalue weighted by Crippen LogP contribution is 2.23. The van der Waals surface area contributed by atoms with Gasteiger partial charge in [-0.15, -0.1) is 0 Å². The second kappa shape index (κ2) is 6.56. The van der Waals surface area contributed by atoms with E-state index in [0.29, 0.717) is 17.9 Å². The lowest BCUT2D eigenvalue weighted by molar-refractivity contribution is 0.0527. The number of aromatic nitrogens is 1. The van der Waals surface area contributed by atoms with Gasteiger partial charge >= 0.3 is 5.97 Å². The van der Waals surface area contributed by atoms with Gasteiger partial charge in [-0.3, -0.25) is 0 Å². The molecular formula is C14H21N3O3. The van der Waals surface area contributed by atoms with Gasteiger partial charge in [0.25, 0.3) is 0 Å². The fourth-order valence-corrected chi connectivity index (χ4v) is 2.35. The van der Waals surface area contributed by atoms with Crippen LogP contribution in [0.2, 0.25) is 0 Å². The van der Waals surface area contributed by atoms with Crippen LogP contribution in [-0.4, -0.2) is 43.9 Å². The molecule has 0 amide bonds. The molecule has 2 N–H and O–H groups in total. The molecular weight excluding hydrogens is 258 g/mol. The number of carbonyl (C=O) groups is 1. The van der Waals surface area contributed by atoms with Crippen LogP contribution in [0.15, 0.2) is 12.3 Å². The summed E-state index contributed by atoms with van der Waals surface area (Å²) < 4.78 is 10.4. The Morgan fingerprint density at radius 3 is 3.10 bits per heavy atom. The summed E-state index contributed by atoms with van der Waals surface area (Å²) in [4.78, 5) is 18.3. The number of ether oxygens (including phenoxy) is 2. The quantitative estimate of drug-likeness (QED) is 0.841. The van der Waals surface area contributed by atoms with E-state index in [-0.39, 0.29) is 6.10 Å². The SMILES string of the molecule is CCOC(=O)c1cc(N2CCCC(OC)C2)ncc1N. The summed E-state index contributed by atoms with van der Waals surface area (Å²) in [6.07, 6.45) is 3.80. The van der Waals surface area contributed by atoms with E-state index >= 15 is 0 Å². The average Bonchev–Trinajstić information content (AvgIpc) is 2.48. The van der Waals surface area contributed by atoms with Crippen molar-refractivity contribution in [2.75, 3.05) is 37.4 Å². The van der Waals surface area contributed by atoms with Crippen LogP contribution in [0.5, 0.6) is 0 Å². The fraction of sp³-hybridized carbons (Fsp3) is 0.571. The molecule has 1 fully saturated rings. The molecule has 1 aromatic heterocycles. The van der Waals surface area contributed by atoms with Crippen LogP contribution >= 0.6 is 0 Å². The summed E-state index contributed by atoms with van der Waals surface area (Å²) >= 11 is 0. The molecule has 0 saturated carbocycles. The molecule has 0 bridgehead atoms. The molecule has 110 valence electrons. The molecule has 0 aliphatic carbocycles. The van der Waals surface area contributed by atoms with Gasteiger partial charge in [-0.25, -0.2) is 9.78 Å². The van der Waals surface area contributed by atoms with Gasteiger partial charge in [0.2, 0.25) is 0 Å². The largest absolute Gasteiger partial charge is 0.462 e. The summed E-state index contributed by atoms with van der Waals surface area (Å²) in [6.45, 7) is 3.77. The van der Waals surface area contributed by atoms with Crippen molar-refractivity contribution >= 4 is 17.5 Å². The van der Waals surface area contributed by atoms with Gasteiger partial charge in [0.1, 0.15) is 5.82 Å². The Morgan fingerprint density at radius 1 is 1.60 bits per heavy atom. The topological polar surface area (TPSA) is 77.7 Å². The molecule has 2 heterocycles. The number of carbonyl (C=O) groups excluding carboxylic acids is 1. The molecule has 2 rings (SSSR count). The smallest absolute Gasteiger partial charge is 0.340 e.